The van der Waals surface area contributed by atoms with Crippen molar-refractivity contribution < 1.29 is 18.3 Å². The van der Waals surface area contributed by atoms with Crippen molar-refractivity contribution in [2.75, 3.05) is 24.6 Å². The minimum atomic E-state index is -2.72. The second kappa shape index (κ2) is 6.33. The minimum Gasteiger partial charge on any atom is -0.461 e. The molecule has 2 aromatic rings. The first-order valence-corrected chi connectivity index (χ1v) is 8.12. The number of alkyl halides is 2. The summed E-state index contributed by atoms with van der Waals surface area (Å²) in [6, 6.07) is 1.78. The average molecular weight is 338 g/mol. The van der Waals surface area contributed by atoms with Crippen molar-refractivity contribution in [3.8, 4) is 0 Å². The largest absolute Gasteiger partial charge is 0.461 e. The Labute approximate surface area is 138 Å². The van der Waals surface area contributed by atoms with Crippen molar-refractivity contribution in [2.24, 2.45) is 0 Å². The van der Waals surface area contributed by atoms with E-state index in [1.165, 1.54) is 6.33 Å². The van der Waals surface area contributed by atoms with Crippen LogP contribution in [0.25, 0.3) is 5.65 Å². The van der Waals surface area contributed by atoms with E-state index in [1.54, 1.807) is 22.3 Å². The molecule has 1 fully saturated rings. The van der Waals surface area contributed by atoms with Crippen LogP contribution in [0.4, 0.5) is 14.6 Å². The van der Waals surface area contributed by atoms with Gasteiger partial charge in [-0.2, -0.15) is 0 Å². The zero-order chi connectivity index (χ0) is 17.3. The van der Waals surface area contributed by atoms with Gasteiger partial charge in [0.2, 0.25) is 0 Å². The van der Waals surface area contributed by atoms with Crippen LogP contribution in [0.15, 0.2) is 12.4 Å². The Morgan fingerprint density at radius 2 is 2.21 bits per heavy atom. The fourth-order valence-corrected chi connectivity index (χ4v) is 2.96. The summed E-state index contributed by atoms with van der Waals surface area (Å²) >= 11 is 0. The lowest BCUT2D eigenvalue weighted by Gasteiger charge is -2.33. The lowest BCUT2D eigenvalue weighted by Crippen LogP contribution is -2.43. The summed E-state index contributed by atoms with van der Waals surface area (Å²) in [4.78, 5) is 22.1. The smallest absolute Gasteiger partial charge is 0.360 e. The molecule has 0 atom stereocenters. The first-order chi connectivity index (χ1) is 11.4. The van der Waals surface area contributed by atoms with Gasteiger partial charge in [0.05, 0.1) is 13.2 Å². The average Bonchev–Trinajstić information content (AvgIpc) is 2.97. The lowest BCUT2D eigenvalue weighted by atomic mass is 10.1. The number of ether oxygens (including phenoxy) is 1. The molecule has 1 aliphatic rings. The van der Waals surface area contributed by atoms with Gasteiger partial charge in [-0.25, -0.2) is 23.5 Å². The van der Waals surface area contributed by atoms with Gasteiger partial charge in [-0.1, -0.05) is 6.92 Å². The van der Waals surface area contributed by atoms with Gasteiger partial charge in [0.1, 0.15) is 12.1 Å². The fourth-order valence-electron chi connectivity index (χ4n) is 2.96. The number of hydrogen-bond acceptors (Lipinski definition) is 5. The number of anilines is 1. The molecule has 0 N–H and O–H groups in total. The van der Waals surface area contributed by atoms with Crippen molar-refractivity contribution in [3.05, 3.63) is 23.8 Å². The number of carbonyl (C=O) groups excluding carboxylic acids is 1. The number of halogens is 2. The zero-order valence-electron chi connectivity index (χ0n) is 13.8. The first kappa shape index (κ1) is 16.6. The molecule has 6 nitrogen and oxygen atoms in total. The molecule has 1 aliphatic heterocycles. The highest BCUT2D eigenvalue weighted by molar-refractivity contribution is 5.94. The highest BCUT2D eigenvalue weighted by Gasteiger charge is 2.36. The summed E-state index contributed by atoms with van der Waals surface area (Å²) in [5.41, 5.74) is 1.31. The molecule has 0 unspecified atom stereocenters. The molecule has 130 valence electrons. The van der Waals surface area contributed by atoms with E-state index < -0.39 is 11.9 Å². The number of carbonyl (C=O) groups is 1. The second-order valence-corrected chi connectivity index (χ2v) is 5.85. The van der Waals surface area contributed by atoms with Gasteiger partial charge >= 0.3 is 5.97 Å². The van der Waals surface area contributed by atoms with Gasteiger partial charge < -0.3 is 9.64 Å². The summed E-state index contributed by atoms with van der Waals surface area (Å²) < 4.78 is 34.2. The number of aryl methyl sites for hydroxylation is 1. The minimum absolute atomic E-state index is 0.104. The summed E-state index contributed by atoms with van der Waals surface area (Å²) in [5, 5.41) is 0. The predicted octanol–water partition coefficient (Wildman–Crippen LogP) is 2.70. The SMILES string of the molecule is CCOC(=O)c1ncn2c(CC)cc(N3CCCC(F)(F)C3)nc12. The summed E-state index contributed by atoms with van der Waals surface area (Å²) in [7, 11) is 0. The number of piperidine rings is 1. The van der Waals surface area contributed by atoms with E-state index in [-0.39, 0.29) is 25.3 Å². The molecule has 0 aliphatic carbocycles. The van der Waals surface area contributed by atoms with Crippen molar-refractivity contribution in [1.29, 1.82) is 0 Å². The van der Waals surface area contributed by atoms with Crippen molar-refractivity contribution >= 4 is 17.4 Å². The third-order valence-electron chi connectivity index (χ3n) is 4.12. The number of aromatic nitrogens is 3. The van der Waals surface area contributed by atoms with Crippen molar-refractivity contribution in [1.82, 2.24) is 14.4 Å². The number of hydrogen-bond donors (Lipinski definition) is 0. The standard InChI is InChI=1S/C16H20F2N4O2/c1-3-11-8-12(21-7-5-6-16(17,18)9-21)20-14-13(15(23)24-4-2)19-10-22(11)14/h8,10H,3-7,9H2,1-2H3. The maximum Gasteiger partial charge on any atom is 0.360 e. The second-order valence-electron chi connectivity index (χ2n) is 5.85. The highest BCUT2D eigenvalue weighted by atomic mass is 19.3. The topological polar surface area (TPSA) is 59.7 Å². The van der Waals surface area contributed by atoms with Gasteiger partial charge in [-0.05, 0) is 19.8 Å². The van der Waals surface area contributed by atoms with E-state index >= 15 is 0 Å². The lowest BCUT2D eigenvalue weighted by molar-refractivity contribution is -0.0118. The van der Waals surface area contributed by atoms with Crippen LogP contribution in [0, 0.1) is 0 Å². The number of fused-ring (bicyclic) bond motifs is 1. The van der Waals surface area contributed by atoms with Crippen LogP contribution in [0.3, 0.4) is 0 Å². The van der Waals surface area contributed by atoms with Crippen LogP contribution in [-0.4, -0.2) is 46.0 Å². The maximum atomic E-state index is 13.7. The van der Waals surface area contributed by atoms with Crippen LogP contribution in [-0.2, 0) is 11.2 Å². The molecule has 2 aromatic heterocycles. The summed E-state index contributed by atoms with van der Waals surface area (Å²) in [6.45, 7) is 4.05. The van der Waals surface area contributed by atoms with E-state index in [0.717, 1.165) is 5.69 Å². The summed E-state index contributed by atoms with van der Waals surface area (Å²) in [5.74, 6) is -2.83. The molecule has 3 rings (SSSR count). The zero-order valence-corrected chi connectivity index (χ0v) is 13.8. The molecule has 0 amide bonds. The number of imidazole rings is 1. The molecule has 0 spiro atoms. The molecule has 0 bridgehead atoms. The molecule has 8 heteroatoms. The van der Waals surface area contributed by atoms with Gasteiger partial charge in [0.15, 0.2) is 11.3 Å². The molecule has 24 heavy (non-hydrogen) atoms. The Morgan fingerprint density at radius 3 is 2.88 bits per heavy atom. The van der Waals surface area contributed by atoms with E-state index in [1.807, 2.05) is 6.92 Å². The Morgan fingerprint density at radius 1 is 1.42 bits per heavy atom. The molecular formula is C16H20F2N4O2. The molecule has 0 aromatic carbocycles. The number of nitrogens with zero attached hydrogens (tertiary/aromatic N) is 4. The molecule has 0 radical (unpaired) electrons. The predicted molar refractivity (Wildman–Crippen MR) is 84.7 cm³/mol. The van der Waals surface area contributed by atoms with Gasteiger partial charge in [0, 0.05) is 24.7 Å². The van der Waals surface area contributed by atoms with Crippen molar-refractivity contribution in [3.63, 3.8) is 0 Å². The van der Waals surface area contributed by atoms with Gasteiger partial charge in [-0.3, -0.25) is 4.40 Å². The van der Waals surface area contributed by atoms with E-state index in [0.29, 0.717) is 30.9 Å². The first-order valence-electron chi connectivity index (χ1n) is 8.12. The molecule has 0 saturated carbocycles. The van der Waals surface area contributed by atoms with E-state index in [9.17, 15) is 13.6 Å². The van der Waals surface area contributed by atoms with Crippen LogP contribution < -0.4 is 4.90 Å². The Hall–Kier alpha value is -2.25. The highest BCUT2D eigenvalue weighted by Crippen LogP contribution is 2.30. The maximum absolute atomic E-state index is 13.7. The van der Waals surface area contributed by atoms with Crippen LogP contribution >= 0.6 is 0 Å². The quantitative estimate of drug-likeness (QED) is 0.802. The molecule has 3 heterocycles. The van der Waals surface area contributed by atoms with Gasteiger partial charge in [0.25, 0.3) is 5.92 Å². The Kier molecular flexibility index (Phi) is 4.38. The summed E-state index contributed by atoms with van der Waals surface area (Å²) in [6.07, 6.45) is 2.48. The Bertz CT molecular complexity index is 760. The Balaban J connectivity index is 2.06. The fraction of sp³-hybridized carbons (Fsp3) is 0.562. The normalized spacial score (nSPS) is 17.2. The molecule has 1 saturated heterocycles. The number of esters is 1. The number of rotatable bonds is 4. The third kappa shape index (κ3) is 3.05. The van der Waals surface area contributed by atoms with E-state index in [2.05, 4.69) is 9.97 Å². The van der Waals surface area contributed by atoms with E-state index in [4.69, 9.17) is 4.74 Å². The monoisotopic (exact) mass is 338 g/mol. The van der Waals surface area contributed by atoms with Crippen molar-refractivity contribution in [2.45, 2.75) is 39.0 Å². The van der Waals surface area contributed by atoms with Crippen LogP contribution in [0.1, 0.15) is 42.9 Å². The van der Waals surface area contributed by atoms with Crippen LogP contribution in [0.2, 0.25) is 0 Å². The van der Waals surface area contributed by atoms with Gasteiger partial charge in [-0.15, -0.1) is 0 Å². The van der Waals surface area contributed by atoms with Crippen LogP contribution in [0.5, 0.6) is 0 Å². The third-order valence-corrected chi connectivity index (χ3v) is 4.12. The molecular weight excluding hydrogens is 318 g/mol.